The van der Waals surface area contributed by atoms with Gasteiger partial charge in [-0.15, -0.1) is 10.2 Å². The van der Waals surface area contributed by atoms with Gasteiger partial charge in [-0.2, -0.15) is 0 Å². The molecule has 1 heterocycles. The van der Waals surface area contributed by atoms with E-state index in [0.29, 0.717) is 11.6 Å². The molecule has 1 amide bonds. The van der Waals surface area contributed by atoms with E-state index in [4.69, 9.17) is 11.6 Å². The van der Waals surface area contributed by atoms with Gasteiger partial charge in [0.2, 0.25) is 5.91 Å². The average molecular weight is 499 g/mol. The molecule has 26 heavy (non-hydrogen) atoms. The summed E-state index contributed by atoms with van der Waals surface area (Å²) in [5.74, 6) is 0.963. The summed E-state index contributed by atoms with van der Waals surface area (Å²) >= 11 is 9.55. The first-order valence-electron chi connectivity index (χ1n) is 7.94. The lowest BCUT2D eigenvalue weighted by atomic mass is 10.2. The Morgan fingerprint density at radius 1 is 1.15 bits per heavy atom. The molecule has 0 saturated heterocycles. The first-order chi connectivity index (χ1) is 12.6. The van der Waals surface area contributed by atoms with E-state index in [-0.39, 0.29) is 11.7 Å². The molecule has 5 nitrogen and oxygen atoms in total. The molecule has 0 bridgehead atoms. The van der Waals surface area contributed by atoms with E-state index >= 15 is 0 Å². The van der Waals surface area contributed by atoms with E-state index in [1.54, 1.807) is 0 Å². The van der Waals surface area contributed by atoms with Gasteiger partial charge in [-0.25, -0.2) is 0 Å². The number of carbonyl (C=O) groups is 1. The molecule has 0 atom stereocenters. The molecule has 0 aliphatic carbocycles. The molecule has 0 saturated carbocycles. The van der Waals surface area contributed by atoms with E-state index in [1.807, 2.05) is 60.0 Å². The van der Waals surface area contributed by atoms with Crippen LogP contribution < -0.4 is 5.32 Å². The van der Waals surface area contributed by atoms with Crippen LogP contribution in [0.3, 0.4) is 0 Å². The zero-order chi connectivity index (χ0) is 18.5. The summed E-state index contributed by atoms with van der Waals surface area (Å²) in [7, 11) is 0. The van der Waals surface area contributed by atoms with Crippen molar-refractivity contribution in [3.05, 3.63) is 57.1 Å². The number of amides is 1. The Bertz CT molecular complexity index is 897. The van der Waals surface area contributed by atoms with Gasteiger partial charge in [0, 0.05) is 26.4 Å². The van der Waals surface area contributed by atoms with Crippen LogP contribution in [0, 0.1) is 3.57 Å². The first-order valence-corrected chi connectivity index (χ1v) is 10.4. The Labute approximate surface area is 174 Å². The topological polar surface area (TPSA) is 59.8 Å². The van der Waals surface area contributed by atoms with E-state index in [2.05, 4.69) is 38.1 Å². The fourth-order valence-corrected chi connectivity index (χ4v) is 3.64. The van der Waals surface area contributed by atoms with Gasteiger partial charge >= 0.3 is 0 Å². The van der Waals surface area contributed by atoms with Crippen molar-refractivity contribution >= 4 is 57.5 Å². The molecule has 0 fully saturated rings. The molecule has 134 valence electrons. The molecular formula is C18H16ClIN4OS. The van der Waals surface area contributed by atoms with Crippen LogP contribution in [0.5, 0.6) is 0 Å². The van der Waals surface area contributed by atoms with E-state index in [9.17, 15) is 4.79 Å². The fourth-order valence-electron chi connectivity index (χ4n) is 2.35. The minimum absolute atomic E-state index is 0.0742. The normalized spacial score (nSPS) is 10.7. The number of carbonyl (C=O) groups excluding carboxylic acids is 1. The third-order valence-electron chi connectivity index (χ3n) is 3.60. The summed E-state index contributed by atoms with van der Waals surface area (Å²) in [6, 6.07) is 15.2. The van der Waals surface area contributed by atoms with Crippen molar-refractivity contribution in [3.8, 4) is 11.4 Å². The van der Waals surface area contributed by atoms with Gasteiger partial charge in [0.05, 0.1) is 5.75 Å². The van der Waals surface area contributed by atoms with E-state index in [1.165, 1.54) is 11.8 Å². The number of hydrogen-bond acceptors (Lipinski definition) is 4. The van der Waals surface area contributed by atoms with Gasteiger partial charge in [-0.3, -0.25) is 4.79 Å². The molecule has 1 N–H and O–H groups in total. The van der Waals surface area contributed by atoms with Crippen LogP contribution in [0.15, 0.2) is 53.7 Å². The Balaban J connectivity index is 1.67. The predicted molar refractivity (Wildman–Crippen MR) is 115 cm³/mol. The number of nitrogens with one attached hydrogen (secondary N) is 1. The Morgan fingerprint density at radius 3 is 2.50 bits per heavy atom. The van der Waals surface area contributed by atoms with Gasteiger partial charge in [-0.05, 0) is 78.0 Å². The molecular weight excluding hydrogens is 483 g/mol. The maximum Gasteiger partial charge on any atom is 0.234 e. The predicted octanol–water partition coefficient (Wildman–Crippen LogP) is 4.95. The maximum atomic E-state index is 12.2. The molecule has 0 spiro atoms. The number of halogens is 2. The van der Waals surface area contributed by atoms with Gasteiger partial charge in [-0.1, -0.05) is 23.4 Å². The van der Waals surface area contributed by atoms with Crippen LogP contribution in [0.4, 0.5) is 5.69 Å². The summed E-state index contributed by atoms with van der Waals surface area (Å²) in [5.41, 5.74) is 1.73. The number of hydrogen-bond donors (Lipinski definition) is 1. The second kappa shape index (κ2) is 8.88. The maximum absolute atomic E-state index is 12.2. The zero-order valence-corrected chi connectivity index (χ0v) is 17.7. The smallest absolute Gasteiger partial charge is 0.234 e. The van der Waals surface area contributed by atoms with Crippen molar-refractivity contribution in [1.82, 2.24) is 14.8 Å². The SMILES string of the molecule is CCn1c(SCC(=O)Nc2ccc(I)cc2)nnc1-c1ccc(Cl)cc1. The average Bonchev–Trinajstić information content (AvgIpc) is 3.05. The summed E-state index contributed by atoms with van der Waals surface area (Å²) in [6.07, 6.45) is 0. The Morgan fingerprint density at radius 2 is 1.85 bits per heavy atom. The highest BCUT2D eigenvalue weighted by Gasteiger charge is 2.14. The Kier molecular flexibility index (Phi) is 6.55. The van der Waals surface area contributed by atoms with Crippen molar-refractivity contribution in [2.45, 2.75) is 18.6 Å². The summed E-state index contributed by atoms with van der Waals surface area (Å²) in [5, 5.41) is 12.8. The number of nitrogens with zero attached hydrogens (tertiary/aromatic N) is 3. The lowest BCUT2D eigenvalue weighted by molar-refractivity contribution is -0.113. The number of benzene rings is 2. The molecule has 2 aromatic carbocycles. The Hall–Kier alpha value is -1.58. The van der Waals surface area contributed by atoms with Crippen LogP contribution in [-0.2, 0) is 11.3 Å². The van der Waals surface area contributed by atoms with Crippen molar-refractivity contribution in [3.63, 3.8) is 0 Å². The van der Waals surface area contributed by atoms with Crippen molar-refractivity contribution in [2.24, 2.45) is 0 Å². The zero-order valence-electron chi connectivity index (χ0n) is 13.9. The second-order valence-corrected chi connectivity index (χ2v) is 8.03. The molecule has 0 unspecified atom stereocenters. The van der Waals surface area contributed by atoms with Gasteiger partial charge < -0.3 is 9.88 Å². The molecule has 0 radical (unpaired) electrons. The third kappa shape index (κ3) is 4.77. The molecule has 8 heteroatoms. The third-order valence-corrected chi connectivity index (χ3v) is 5.53. The van der Waals surface area contributed by atoms with Crippen LogP contribution in [0.2, 0.25) is 5.02 Å². The molecule has 3 aromatic rings. The monoisotopic (exact) mass is 498 g/mol. The summed E-state index contributed by atoms with van der Waals surface area (Å²) < 4.78 is 3.12. The number of rotatable bonds is 6. The fraction of sp³-hybridized carbons (Fsp3) is 0.167. The summed E-state index contributed by atoms with van der Waals surface area (Å²) in [4.78, 5) is 12.2. The second-order valence-electron chi connectivity index (χ2n) is 5.40. The lowest BCUT2D eigenvalue weighted by Gasteiger charge is -2.08. The quantitative estimate of drug-likeness (QED) is 0.386. The van der Waals surface area contributed by atoms with Crippen LogP contribution >= 0.6 is 46.0 Å². The highest BCUT2D eigenvalue weighted by atomic mass is 127. The molecule has 1 aromatic heterocycles. The van der Waals surface area contributed by atoms with E-state index < -0.39 is 0 Å². The van der Waals surface area contributed by atoms with Crippen LogP contribution in [0.25, 0.3) is 11.4 Å². The minimum atomic E-state index is -0.0742. The first kappa shape index (κ1) is 19.2. The highest BCUT2D eigenvalue weighted by molar-refractivity contribution is 14.1. The molecule has 0 aliphatic heterocycles. The lowest BCUT2D eigenvalue weighted by Crippen LogP contribution is -2.14. The summed E-state index contributed by atoms with van der Waals surface area (Å²) in [6.45, 7) is 2.74. The van der Waals surface area contributed by atoms with Crippen molar-refractivity contribution < 1.29 is 4.79 Å². The van der Waals surface area contributed by atoms with Crippen LogP contribution in [0.1, 0.15) is 6.92 Å². The molecule has 3 rings (SSSR count). The van der Waals surface area contributed by atoms with E-state index in [0.717, 1.165) is 25.8 Å². The highest BCUT2D eigenvalue weighted by Crippen LogP contribution is 2.25. The number of aromatic nitrogens is 3. The van der Waals surface area contributed by atoms with Crippen molar-refractivity contribution in [1.29, 1.82) is 0 Å². The standard InChI is InChI=1S/C18H16ClIN4OS/c1-2-24-17(12-3-5-13(19)6-4-12)22-23-18(24)26-11-16(25)21-15-9-7-14(20)8-10-15/h3-10H,2,11H2,1H3,(H,21,25). The van der Waals surface area contributed by atoms with Crippen LogP contribution in [-0.4, -0.2) is 26.4 Å². The number of anilines is 1. The van der Waals surface area contributed by atoms with Gasteiger partial charge in [0.25, 0.3) is 0 Å². The van der Waals surface area contributed by atoms with Gasteiger partial charge in [0.15, 0.2) is 11.0 Å². The number of thioether (sulfide) groups is 1. The minimum Gasteiger partial charge on any atom is -0.325 e. The largest absolute Gasteiger partial charge is 0.325 e. The van der Waals surface area contributed by atoms with Gasteiger partial charge in [0.1, 0.15) is 0 Å². The van der Waals surface area contributed by atoms with Crippen molar-refractivity contribution in [2.75, 3.05) is 11.1 Å². The molecule has 0 aliphatic rings.